The van der Waals surface area contributed by atoms with Crippen LogP contribution in [0.5, 0.6) is 5.75 Å². The lowest BCUT2D eigenvalue weighted by Gasteiger charge is -2.27. The van der Waals surface area contributed by atoms with E-state index in [9.17, 15) is 5.11 Å². The highest BCUT2D eigenvalue weighted by Gasteiger charge is 2.24. The average molecular weight is 293 g/mol. The van der Waals surface area contributed by atoms with Crippen LogP contribution < -0.4 is 10.5 Å². The quantitative estimate of drug-likeness (QED) is 0.847. The van der Waals surface area contributed by atoms with Crippen LogP contribution in [0.3, 0.4) is 0 Å². The van der Waals surface area contributed by atoms with Crippen molar-refractivity contribution in [3.05, 3.63) is 28.8 Å². The zero-order chi connectivity index (χ0) is 16.2. The summed E-state index contributed by atoms with van der Waals surface area (Å²) >= 11 is 0. The number of aliphatic hydroxyl groups excluding tert-OH is 1. The predicted molar refractivity (Wildman–Crippen MR) is 88.9 cm³/mol. The predicted octanol–water partition coefficient (Wildman–Crippen LogP) is 3.05. The van der Waals surface area contributed by atoms with Crippen molar-refractivity contribution in [2.75, 3.05) is 20.3 Å². The van der Waals surface area contributed by atoms with Gasteiger partial charge < -0.3 is 15.6 Å². The molecule has 3 heteroatoms. The normalized spacial score (nSPS) is 14.9. The smallest absolute Gasteiger partial charge is 0.125 e. The Morgan fingerprint density at radius 1 is 1.29 bits per heavy atom. The first-order chi connectivity index (χ1) is 9.74. The Labute approximate surface area is 129 Å². The molecule has 1 rings (SSSR count). The molecule has 0 saturated heterocycles. The Balaban J connectivity index is 3.21. The van der Waals surface area contributed by atoms with Gasteiger partial charge in [0.15, 0.2) is 0 Å². The fourth-order valence-electron chi connectivity index (χ4n) is 2.80. The van der Waals surface area contributed by atoms with Crippen LogP contribution in [0.25, 0.3) is 0 Å². The van der Waals surface area contributed by atoms with Gasteiger partial charge in [-0.3, -0.25) is 0 Å². The summed E-state index contributed by atoms with van der Waals surface area (Å²) in [4.78, 5) is 0. The molecule has 0 amide bonds. The van der Waals surface area contributed by atoms with Crippen LogP contribution >= 0.6 is 0 Å². The molecule has 0 saturated carbocycles. The summed E-state index contributed by atoms with van der Waals surface area (Å²) in [7, 11) is 1.74. The van der Waals surface area contributed by atoms with Gasteiger partial charge in [0.2, 0.25) is 0 Å². The summed E-state index contributed by atoms with van der Waals surface area (Å²) in [5.74, 6) is 1.44. The van der Waals surface area contributed by atoms with E-state index < -0.39 is 0 Å². The molecule has 0 aliphatic heterocycles. The lowest BCUT2D eigenvalue weighted by molar-refractivity contribution is 0.186. The molecule has 0 fully saturated rings. The van der Waals surface area contributed by atoms with Crippen LogP contribution in [0.15, 0.2) is 12.1 Å². The average Bonchev–Trinajstić information content (AvgIpc) is 2.38. The second-order valence-corrected chi connectivity index (χ2v) is 7.11. The van der Waals surface area contributed by atoms with Crippen molar-refractivity contribution in [2.24, 2.45) is 17.6 Å². The van der Waals surface area contributed by atoms with Crippen LogP contribution in [-0.4, -0.2) is 25.4 Å². The highest BCUT2D eigenvalue weighted by atomic mass is 16.5. The van der Waals surface area contributed by atoms with Gasteiger partial charge in [-0.15, -0.1) is 0 Å². The van der Waals surface area contributed by atoms with E-state index in [2.05, 4.69) is 46.8 Å². The van der Waals surface area contributed by atoms with Gasteiger partial charge in [-0.05, 0) is 42.7 Å². The fourth-order valence-corrected chi connectivity index (χ4v) is 2.80. The Kier molecular flexibility index (Phi) is 6.24. The maximum atomic E-state index is 9.43. The maximum absolute atomic E-state index is 9.43. The Morgan fingerprint density at radius 3 is 2.33 bits per heavy atom. The third-order valence-corrected chi connectivity index (χ3v) is 4.21. The summed E-state index contributed by atoms with van der Waals surface area (Å²) in [6, 6.07) is 4.40. The Morgan fingerprint density at radius 2 is 1.90 bits per heavy atom. The Bertz CT molecular complexity index is 459. The maximum Gasteiger partial charge on any atom is 0.125 e. The summed E-state index contributed by atoms with van der Waals surface area (Å²) in [6.07, 6.45) is 0.871. The van der Waals surface area contributed by atoms with Crippen molar-refractivity contribution in [2.45, 2.75) is 46.5 Å². The molecule has 0 spiro atoms. The molecule has 0 radical (unpaired) electrons. The third kappa shape index (κ3) is 4.45. The lowest BCUT2D eigenvalue weighted by Crippen LogP contribution is -2.26. The van der Waals surface area contributed by atoms with Gasteiger partial charge >= 0.3 is 0 Å². The van der Waals surface area contributed by atoms with E-state index in [-0.39, 0.29) is 17.9 Å². The zero-order valence-corrected chi connectivity index (χ0v) is 14.4. The van der Waals surface area contributed by atoms with E-state index in [1.54, 1.807) is 7.11 Å². The number of ether oxygens (including phenoxy) is 1. The van der Waals surface area contributed by atoms with Gasteiger partial charge in [-0.2, -0.15) is 0 Å². The van der Waals surface area contributed by atoms with Crippen LogP contribution in [-0.2, 0) is 11.8 Å². The Hall–Kier alpha value is -1.06. The molecule has 120 valence electrons. The van der Waals surface area contributed by atoms with Gasteiger partial charge in [-0.25, -0.2) is 0 Å². The number of hydrogen-bond acceptors (Lipinski definition) is 3. The van der Waals surface area contributed by atoms with Gasteiger partial charge in [0, 0.05) is 12.2 Å². The van der Waals surface area contributed by atoms with Crippen LogP contribution in [0.4, 0.5) is 0 Å². The van der Waals surface area contributed by atoms with Gasteiger partial charge in [0.25, 0.3) is 0 Å². The van der Waals surface area contributed by atoms with Crippen molar-refractivity contribution in [3.8, 4) is 5.75 Å². The van der Waals surface area contributed by atoms with E-state index in [0.29, 0.717) is 12.5 Å². The second kappa shape index (κ2) is 7.28. The van der Waals surface area contributed by atoms with Crippen molar-refractivity contribution < 1.29 is 9.84 Å². The number of benzene rings is 1. The molecule has 0 heterocycles. The molecule has 3 N–H and O–H groups in total. The highest BCUT2D eigenvalue weighted by molar-refractivity contribution is 5.48. The largest absolute Gasteiger partial charge is 0.496 e. The minimum atomic E-state index is 0.0413. The molecule has 21 heavy (non-hydrogen) atoms. The fraction of sp³-hybridized carbons (Fsp3) is 0.667. The molecular formula is C18H31NO2. The second-order valence-electron chi connectivity index (χ2n) is 7.11. The van der Waals surface area contributed by atoms with Crippen LogP contribution in [0.1, 0.15) is 44.4 Å². The summed E-state index contributed by atoms with van der Waals surface area (Å²) < 4.78 is 5.71. The molecule has 0 aromatic heterocycles. The number of nitrogens with two attached hydrogens (primary N) is 1. The number of aliphatic hydroxyl groups is 1. The third-order valence-electron chi connectivity index (χ3n) is 4.21. The summed E-state index contributed by atoms with van der Waals surface area (Å²) in [6.45, 7) is 11.5. The molecule has 1 aromatic carbocycles. The van der Waals surface area contributed by atoms with Gasteiger partial charge in [0.05, 0.1) is 7.11 Å². The van der Waals surface area contributed by atoms with Crippen LogP contribution in [0, 0.1) is 18.8 Å². The number of hydrogen-bond donors (Lipinski definition) is 2. The number of rotatable bonds is 6. The zero-order valence-electron chi connectivity index (χ0n) is 14.4. The number of aryl methyl sites for hydroxylation is 1. The SMILES string of the molecule is COc1c(CC(C)C(CN)CO)cc(C)cc1C(C)(C)C. The molecule has 2 unspecified atom stereocenters. The standard InChI is InChI=1S/C18H31NO2/c1-12-7-14(9-13(2)15(10-19)11-20)17(21-6)16(8-12)18(3,4)5/h7-8,13,15,20H,9-11,19H2,1-6H3. The monoisotopic (exact) mass is 293 g/mol. The van der Waals surface area contributed by atoms with E-state index in [1.807, 2.05) is 0 Å². The van der Waals surface area contributed by atoms with Crippen molar-refractivity contribution in [1.82, 2.24) is 0 Å². The first-order valence-electron chi connectivity index (χ1n) is 7.73. The molecule has 0 bridgehead atoms. The van der Waals surface area contributed by atoms with Crippen LogP contribution in [0.2, 0.25) is 0 Å². The molecule has 3 nitrogen and oxygen atoms in total. The van der Waals surface area contributed by atoms with Crippen molar-refractivity contribution in [1.29, 1.82) is 0 Å². The van der Waals surface area contributed by atoms with Gasteiger partial charge in [-0.1, -0.05) is 45.4 Å². The van der Waals surface area contributed by atoms with E-state index in [4.69, 9.17) is 10.5 Å². The van der Waals surface area contributed by atoms with Crippen molar-refractivity contribution in [3.63, 3.8) is 0 Å². The minimum Gasteiger partial charge on any atom is -0.496 e. The van der Waals surface area contributed by atoms with E-state index in [0.717, 1.165) is 12.2 Å². The van der Waals surface area contributed by atoms with E-state index in [1.165, 1.54) is 16.7 Å². The topological polar surface area (TPSA) is 55.5 Å². The first-order valence-corrected chi connectivity index (χ1v) is 7.73. The first kappa shape index (κ1) is 18.0. The van der Waals surface area contributed by atoms with Gasteiger partial charge in [0.1, 0.15) is 5.75 Å². The highest BCUT2D eigenvalue weighted by Crippen LogP contribution is 2.36. The minimum absolute atomic E-state index is 0.0413. The molecule has 0 aliphatic carbocycles. The van der Waals surface area contributed by atoms with Crippen molar-refractivity contribution >= 4 is 0 Å². The molecule has 0 aliphatic rings. The molecule has 2 atom stereocenters. The summed E-state index contributed by atoms with van der Waals surface area (Å²) in [5, 5.41) is 9.43. The molecule has 1 aromatic rings. The van der Waals surface area contributed by atoms with E-state index >= 15 is 0 Å². The molecular weight excluding hydrogens is 262 g/mol. The summed E-state index contributed by atoms with van der Waals surface area (Å²) in [5.41, 5.74) is 9.48. The lowest BCUT2D eigenvalue weighted by atomic mass is 9.81. The number of methoxy groups -OCH3 is 1.